The number of hydrogen-bond acceptors (Lipinski definition) is 2. The molecule has 0 N–H and O–H groups in total. The summed E-state index contributed by atoms with van der Waals surface area (Å²) < 4.78 is 39.7. The van der Waals surface area contributed by atoms with Crippen molar-refractivity contribution in [2.75, 3.05) is 5.01 Å². The highest BCUT2D eigenvalue weighted by molar-refractivity contribution is 6.31. The summed E-state index contributed by atoms with van der Waals surface area (Å²) in [5.41, 5.74) is 2.24. The van der Waals surface area contributed by atoms with Gasteiger partial charge in [-0.2, -0.15) is 18.3 Å². The molecule has 0 radical (unpaired) electrons. The molecule has 0 amide bonds. The Hall–Kier alpha value is -2.50. The van der Waals surface area contributed by atoms with Gasteiger partial charge in [0.1, 0.15) is 0 Å². The zero-order chi connectivity index (χ0) is 20.6. The van der Waals surface area contributed by atoms with Gasteiger partial charge < -0.3 is 0 Å². The average Bonchev–Trinajstić information content (AvgIpc) is 3.14. The standard InChI is InChI=1S/C22H15Cl2F3N2/c23-17-8-4-14(5-9-17)20-13-21(15-6-10-18(24)11-7-15)29(28-20)19-3-1-2-16(12-19)22(25,26)27/h1-12,21H,13H2/t21-/m0/s1. The summed E-state index contributed by atoms with van der Waals surface area (Å²) in [5.74, 6) is 0. The van der Waals surface area contributed by atoms with Gasteiger partial charge in [0.2, 0.25) is 0 Å². The van der Waals surface area contributed by atoms with Gasteiger partial charge in [-0.3, -0.25) is 5.01 Å². The van der Waals surface area contributed by atoms with E-state index in [9.17, 15) is 13.2 Å². The zero-order valence-corrected chi connectivity index (χ0v) is 16.5. The topological polar surface area (TPSA) is 15.6 Å². The van der Waals surface area contributed by atoms with Gasteiger partial charge in [-0.05, 0) is 53.6 Å². The number of rotatable bonds is 3. The number of nitrogens with zero attached hydrogens (tertiary/aromatic N) is 2. The van der Waals surface area contributed by atoms with Gasteiger partial charge in [0.25, 0.3) is 0 Å². The maximum atomic E-state index is 13.2. The lowest BCUT2D eigenvalue weighted by Crippen LogP contribution is -2.19. The number of anilines is 1. The number of benzene rings is 3. The van der Waals surface area contributed by atoms with Gasteiger partial charge >= 0.3 is 6.18 Å². The number of halogens is 5. The average molecular weight is 435 g/mol. The van der Waals surface area contributed by atoms with Crippen molar-refractivity contribution in [3.05, 3.63) is 99.5 Å². The van der Waals surface area contributed by atoms with E-state index >= 15 is 0 Å². The summed E-state index contributed by atoms with van der Waals surface area (Å²) in [6.45, 7) is 0. The molecule has 0 saturated carbocycles. The van der Waals surface area contributed by atoms with E-state index in [1.807, 2.05) is 24.3 Å². The largest absolute Gasteiger partial charge is 0.416 e. The van der Waals surface area contributed by atoms with Crippen LogP contribution in [0.25, 0.3) is 0 Å². The minimum absolute atomic E-state index is 0.249. The van der Waals surface area contributed by atoms with Crippen LogP contribution in [0.3, 0.4) is 0 Å². The van der Waals surface area contributed by atoms with E-state index in [4.69, 9.17) is 23.2 Å². The van der Waals surface area contributed by atoms with Crippen LogP contribution in [0.4, 0.5) is 18.9 Å². The van der Waals surface area contributed by atoms with Crippen molar-refractivity contribution in [3.8, 4) is 0 Å². The molecule has 29 heavy (non-hydrogen) atoms. The Morgan fingerprint density at radius 3 is 2.10 bits per heavy atom. The number of hydrazone groups is 1. The Morgan fingerprint density at radius 1 is 0.862 bits per heavy atom. The van der Waals surface area contributed by atoms with E-state index in [2.05, 4.69) is 5.10 Å². The fourth-order valence-electron chi connectivity index (χ4n) is 3.33. The fourth-order valence-corrected chi connectivity index (χ4v) is 3.59. The SMILES string of the molecule is FC(F)(F)c1cccc(N2N=C(c3ccc(Cl)cc3)C[C@H]2c2ccc(Cl)cc2)c1. The summed E-state index contributed by atoms with van der Waals surface area (Å²) in [5, 5.41) is 7.51. The lowest BCUT2D eigenvalue weighted by Gasteiger charge is -2.24. The van der Waals surface area contributed by atoms with Crippen molar-refractivity contribution in [1.82, 2.24) is 0 Å². The summed E-state index contributed by atoms with van der Waals surface area (Å²) in [6, 6.07) is 19.5. The van der Waals surface area contributed by atoms with Gasteiger partial charge in [0.05, 0.1) is 23.0 Å². The zero-order valence-electron chi connectivity index (χ0n) is 15.0. The van der Waals surface area contributed by atoms with E-state index in [1.165, 1.54) is 6.07 Å². The van der Waals surface area contributed by atoms with E-state index in [-0.39, 0.29) is 6.04 Å². The van der Waals surface area contributed by atoms with Crippen LogP contribution in [-0.2, 0) is 6.18 Å². The molecule has 148 valence electrons. The van der Waals surface area contributed by atoms with E-state index in [1.54, 1.807) is 35.3 Å². The highest BCUT2D eigenvalue weighted by Gasteiger charge is 2.34. The Morgan fingerprint density at radius 2 is 1.48 bits per heavy atom. The van der Waals surface area contributed by atoms with Gasteiger partial charge in [0, 0.05) is 16.5 Å². The highest BCUT2D eigenvalue weighted by Crippen LogP contribution is 2.39. The molecule has 1 atom stereocenters. The molecule has 1 heterocycles. The molecule has 0 saturated heterocycles. The Balaban J connectivity index is 1.77. The normalized spacial score (nSPS) is 16.8. The third-order valence-electron chi connectivity index (χ3n) is 4.78. The van der Waals surface area contributed by atoms with Crippen molar-refractivity contribution in [3.63, 3.8) is 0 Å². The van der Waals surface area contributed by atoms with Gasteiger partial charge in [-0.15, -0.1) is 0 Å². The Bertz CT molecular complexity index is 1040. The fraction of sp³-hybridized carbons (Fsp3) is 0.136. The highest BCUT2D eigenvalue weighted by atomic mass is 35.5. The van der Waals surface area contributed by atoms with Gasteiger partial charge in [-0.1, -0.05) is 53.5 Å². The van der Waals surface area contributed by atoms with Crippen LogP contribution in [0.5, 0.6) is 0 Å². The van der Waals surface area contributed by atoms with Crippen LogP contribution in [-0.4, -0.2) is 5.71 Å². The van der Waals surface area contributed by atoms with Crippen LogP contribution in [0.15, 0.2) is 77.9 Å². The lowest BCUT2D eigenvalue weighted by atomic mass is 9.98. The summed E-state index contributed by atoms with van der Waals surface area (Å²) in [6.07, 6.45) is -3.88. The minimum atomic E-state index is -4.42. The predicted molar refractivity (Wildman–Crippen MR) is 111 cm³/mol. The van der Waals surface area contributed by atoms with Gasteiger partial charge in [-0.25, -0.2) is 0 Å². The van der Waals surface area contributed by atoms with Crippen molar-refractivity contribution in [2.24, 2.45) is 5.10 Å². The van der Waals surface area contributed by atoms with Crippen LogP contribution in [0.1, 0.15) is 29.2 Å². The molecule has 0 aliphatic carbocycles. The lowest BCUT2D eigenvalue weighted by molar-refractivity contribution is -0.137. The smallest absolute Gasteiger partial charge is 0.257 e. The summed E-state index contributed by atoms with van der Waals surface area (Å²) in [4.78, 5) is 0. The molecule has 0 aromatic heterocycles. The molecule has 7 heteroatoms. The molecule has 0 fully saturated rings. The second kappa shape index (κ2) is 7.73. The van der Waals surface area contributed by atoms with E-state index in [0.29, 0.717) is 22.2 Å². The van der Waals surface area contributed by atoms with Crippen molar-refractivity contribution >= 4 is 34.6 Å². The third-order valence-corrected chi connectivity index (χ3v) is 5.28. The Labute approximate surface area is 176 Å². The third kappa shape index (κ3) is 4.26. The van der Waals surface area contributed by atoms with Crippen LogP contribution in [0.2, 0.25) is 10.0 Å². The van der Waals surface area contributed by atoms with Crippen LogP contribution >= 0.6 is 23.2 Å². The maximum Gasteiger partial charge on any atom is 0.416 e. The summed E-state index contributed by atoms with van der Waals surface area (Å²) >= 11 is 12.0. The monoisotopic (exact) mass is 434 g/mol. The predicted octanol–water partition coefficient (Wildman–Crippen LogP) is 7.37. The van der Waals surface area contributed by atoms with Gasteiger partial charge in [0.15, 0.2) is 0 Å². The van der Waals surface area contributed by atoms with E-state index < -0.39 is 11.7 Å². The second-order valence-electron chi connectivity index (χ2n) is 6.72. The molecule has 3 aromatic rings. The molecule has 1 aliphatic heterocycles. The molecule has 0 spiro atoms. The minimum Gasteiger partial charge on any atom is -0.257 e. The van der Waals surface area contributed by atoms with Crippen LogP contribution in [0, 0.1) is 0 Å². The quantitative estimate of drug-likeness (QED) is 0.420. The van der Waals surface area contributed by atoms with Crippen molar-refractivity contribution < 1.29 is 13.2 Å². The first-order valence-electron chi connectivity index (χ1n) is 8.86. The molecule has 4 rings (SSSR count). The van der Waals surface area contributed by atoms with E-state index in [0.717, 1.165) is 29.0 Å². The second-order valence-corrected chi connectivity index (χ2v) is 7.59. The first kappa shape index (κ1) is 19.8. The molecule has 1 aliphatic rings. The molecular formula is C22H15Cl2F3N2. The molecule has 0 bridgehead atoms. The summed E-state index contributed by atoms with van der Waals surface area (Å²) in [7, 11) is 0. The van der Waals surface area contributed by atoms with Crippen LogP contribution < -0.4 is 5.01 Å². The Kier molecular flexibility index (Phi) is 5.28. The first-order valence-corrected chi connectivity index (χ1v) is 9.62. The first-order chi connectivity index (χ1) is 13.8. The molecular weight excluding hydrogens is 420 g/mol. The number of hydrogen-bond donors (Lipinski definition) is 0. The number of alkyl halides is 3. The van der Waals surface area contributed by atoms with Crippen molar-refractivity contribution in [1.29, 1.82) is 0 Å². The molecule has 2 nitrogen and oxygen atoms in total. The maximum absolute atomic E-state index is 13.2. The van der Waals surface area contributed by atoms with Crippen molar-refractivity contribution in [2.45, 2.75) is 18.6 Å². The molecule has 0 unspecified atom stereocenters. The molecule has 3 aromatic carbocycles.